The zero-order valence-corrected chi connectivity index (χ0v) is 11.3. The molecule has 1 aliphatic carbocycles. The Kier molecular flexibility index (Phi) is 4.20. The number of ether oxygens (including phenoxy) is 2. The molecule has 0 bridgehead atoms. The van der Waals surface area contributed by atoms with Gasteiger partial charge in [-0.25, -0.2) is 4.79 Å². The fraction of sp³-hybridized carbons (Fsp3) is 0.467. The average molecular weight is 262 g/mol. The van der Waals surface area contributed by atoms with E-state index in [1.165, 1.54) is 26.9 Å². The van der Waals surface area contributed by atoms with Crippen molar-refractivity contribution in [3.8, 4) is 5.75 Å². The standard InChI is InChI=1S/C15H18O4/c1-10(16)13-9-11(15(17)18-2)7-8-14(13)19-12-5-3-4-6-12/h7-9,12H,3-6H2,1-2H3. The quantitative estimate of drug-likeness (QED) is 0.618. The van der Waals surface area contributed by atoms with E-state index in [9.17, 15) is 9.59 Å². The van der Waals surface area contributed by atoms with Gasteiger partial charge in [0, 0.05) is 0 Å². The van der Waals surface area contributed by atoms with E-state index in [0.717, 1.165) is 12.8 Å². The van der Waals surface area contributed by atoms with Gasteiger partial charge in [0.2, 0.25) is 0 Å². The summed E-state index contributed by atoms with van der Waals surface area (Å²) in [6.07, 6.45) is 4.56. The van der Waals surface area contributed by atoms with Crippen LogP contribution in [0.4, 0.5) is 0 Å². The SMILES string of the molecule is COC(=O)c1ccc(OC2CCCC2)c(C(C)=O)c1. The van der Waals surface area contributed by atoms with Crippen LogP contribution < -0.4 is 4.74 Å². The van der Waals surface area contributed by atoms with Crippen LogP contribution in [-0.2, 0) is 4.74 Å². The van der Waals surface area contributed by atoms with Crippen LogP contribution in [0.25, 0.3) is 0 Å². The molecule has 0 aliphatic heterocycles. The van der Waals surface area contributed by atoms with Crippen LogP contribution >= 0.6 is 0 Å². The molecule has 1 fully saturated rings. The van der Waals surface area contributed by atoms with E-state index in [-0.39, 0.29) is 11.9 Å². The molecular weight excluding hydrogens is 244 g/mol. The molecule has 0 saturated heterocycles. The number of hydrogen-bond donors (Lipinski definition) is 0. The van der Waals surface area contributed by atoms with Crippen LogP contribution in [0.1, 0.15) is 53.3 Å². The van der Waals surface area contributed by atoms with E-state index in [1.807, 2.05) is 0 Å². The fourth-order valence-corrected chi connectivity index (χ4v) is 2.34. The van der Waals surface area contributed by atoms with Crippen molar-refractivity contribution in [2.24, 2.45) is 0 Å². The molecular formula is C15H18O4. The number of benzene rings is 1. The Morgan fingerprint density at radius 2 is 1.89 bits per heavy atom. The van der Waals surface area contributed by atoms with Crippen LogP contribution in [-0.4, -0.2) is 25.0 Å². The summed E-state index contributed by atoms with van der Waals surface area (Å²) < 4.78 is 10.5. The minimum Gasteiger partial charge on any atom is -0.490 e. The van der Waals surface area contributed by atoms with Crippen molar-refractivity contribution in [1.82, 2.24) is 0 Å². The van der Waals surface area contributed by atoms with Gasteiger partial charge >= 0.3 is 5.97 Å². The van der Waals surface area contributed by atoms with Crippen molar-refractivity contribution in [3.05, 3.63) is 29.3 Å². The molecule has 102 valence electrons. The molecule has 2 rings (SSSR count). The molecule has 19 heavy (non-hydrogen) atoms. The molecule has 0 amide bonds. The number of carbonyl (C=O) groups excluding carboxylic acids is 2. The zero-order valence-electron chi connectivity index (χ0n) is 11.3. The second-order valence-corrected chi connectivity index (χ2v) is 4.78. The van der Waals surface area contributed by atoms with Gasteiger partial charge in [-0.15, -0.1) is 0 Å². The molecule has 0 N–H and O–H groups in total. The third-order valence-corrected chi connectivity index (χ3v) is 3.38. The third kappa shape index (κ3) is 3.13. The van der Waals surface area contributed by atoms with Gasteiger partial charge in [0.1, 0.15) is 5.75 Å². The van der Waals surface area contributed by atoms with E-state index >= 15 is 0 Å². The smallest absolute Gasteiger partial charge is 0.337 e. The second-order valence-electron chi connectivity index (χ2n) is 4.78. The Morgan fingerprint density at radius 3 is 2.47 bits per heavy atom. The average Bonchev–Trinajstić information content (AvgIpc) is 2.91. The predicted molar refractivity (Wildman–Crippen MR) is 70.7 cm³/mol. The molecule has 0 atom stereocenters. The molecule has 0 spiro atoms. The Balaban J connectivity index is 2.26. The highest BCUT2D eigenvalue weighted by atomic mass is 16.5. The Bertz CT molecular complexity index is 487. The van der Waals surface area contributed by atoms with E-state index < -0.39 is 5.97 Å². The van der Waals surface area contributed by atoms with Gasteiger partial charge in [-0.1, -0.05) is 0 Å². The van der Waals surface area contributed by atoms with Crippen LogP contribution in [0.2, 0.25) is 0 Å². The Labute approximate surface area is 112 Å². The lowest BCUT2D eigenvalue weighted by atomic mass is 10.1. The molecule has 1 aliphatic rings. The van der Waals surface area contributed by atoms with Gasteiger partial charge < -0.3 is 9.47 Å². The molecule has 0 aromatic heterocycles. The van der Waals surface area contributed by atoms with Gasteiger partial charge in [0.05, 0.1) is 24.3 Å². The predicted octanol–water partition coefficient (Wildman–Crippen LogP) is 3.00. The highest BCUT2D eigenvalue weighted by Gasteiger charge is 2.20. The molecule has 4 nitrogen and oxygen atoms in total. The van der Waals surface area contributed by atoms with E-state index in [1.54, 1.807) is 18.2 Å². The summed E-state index contributed by atoms with van der Waals surface area (Å²) >= 11 is 0. The van der Waals surface area contributed by atoms with Crippen LogP contribution in [0.5, 0.6) is 5.75 Å². The van der Waals surface area contributed by atoms with Crippen molar-refractivity contribution in [2.75, 3.05) is 7.11 Å². The summed E-state index contributed by atoms with van der Waals surface area (Å²) in [5.74, 6) is 0.000666. The summed E-state index contributed by atoms with van der Waals surface area (Å²) in [6.45, 7) is 1.47. The maximum absolute atomic E-state index is 11.7. The van der Waals surface area contributed by atoms with Crippen molar-refractivity contribution < 1.29 is 19.1 Å². The van der Waals surface area contributed by atoms with Gasteiger partial charge in [0.25, 0.3) is 0 Å². The Morgan fingerprint density at radius 1 is 1.21 bits per heavy atom. The summed E-state index contributed by atoms with van der Waals surface area (Å²) in [5.41, 5.74) is 0.807. The zero-order chi connectivity index (χ0) is 13.8. The van der Waals surface area contributed by atoms with Crippen molar-refractivity contribution in [2.45, 2.75) is 38.7 Å². The molecule has 4 heteroatoms. The number of esters is 1. The molecule has 1 aromatic carbocycles. The van der Waals surface area contributed by atoms with Crippen LogP contribution in [0.3, 0.4) is 0 Å². The van der Waals surface area contributed by atoms with Gasteiger partial charge in [-0.3, -0.25) is 4.79 Å². The molecule has 0 unspecified atom stereocenters. The van der Waals surface area contributed by atoms with Gasteiger partial charge in [-0.05, 0) is 50.8 Å². The lowest BCUT2D eigenvalue weighted by Gasteiger charge is -2.16. The number of hydrogen-bond acceptors (Lipinski definition) is 4. The summed E-state index contributed by atoms with van der Waals surface area (Å²) in [5, 5.41) is 0. The molecule has 1 aromatic rings. The number of Topliss-reactive ketones (excluding diaryl/α,β-unsaturated/α-hetero) is 1. The number of rotatable bonds is 4. The monoisotopic (exact) mass is 262 g/mol. The summed E-state index contributed by atoms with van der Waals surface area (Å²) in [7, 11) is 1.32. The largest absolute Gasteiger partial charge is 0.490 e. The van der Waals surface area contributed by atoms with Gasteiger partial charge in [0.15, 0.2) is 5.78 Å². The topological polar surface area (TPSA) is 52.6 Å². The number of carbonyl (C=O) groups is 2. The van der Waals surface area contributed by atoms with Crippen molar-refractivity contribution in [1.29, 1.82) is 0 Å². The van der Waals surface area contributed by atoms with E-state index in [2.05, 4.69) is 4.74 Å². The lowest BCUT2D eigenvalue weighted by molar-refractivity contribution is 0.0600. The third-order valence-electron chi connectivity index (χ3n) is 3.38. The highest BCUT2D eigenvalue weighted by molar-refractivity contribution is 6.00. The van der Waals surface area contributed by atoms with Gasteiger partial charge in [-0.2, -0.15) is 0 Å². The molecule has 1 saturated carbocycles. The maximum Gasteiger partial charge on any atom is 0.337 e. The number of methoxy groups -OCH3 is 1. The van der Waals surface area contributed by atoms with E-state index in [0.29, 0.717) is 16.9 Å². The molecule has 0 radical (unpaired) electrons. The minimum atomic E-state index is -0.449. The first-order chi connectivity index (χ1) is 9.11. The van der Waals surface area contributed by atoms with Crippen LogP contribution in [0.15, 0.2) is 18.2 Å². The first-order valence-corrected chi connectivity index (χ1v) is 6.51. The second kappa shape index (κ2) is 5.87. The molecule has 0 heterocycles. The van der Waals surface area contributed by atoms with E-state index in [4.69, 9.17) is 4.74 Å². The fourth-order valence-electron chi connectivity index (χ4n) is 2.34. The normalized spacial score (nSPS) is 15.3. The lowest BCUT2D eigenvalue weighted by Crippen LogP contribution is -2.14. The first kappa shape index (κ1) is 13.6. The maximum atomic E-state index is 11.7. The summed E-state index contributed by atoms with van der Waals surface area (Å²) in [6, 6.07) is 4.85. The van der Waals surface area contributed by atoms with Crippen molar-refractivity contribution in [3.63, 3.8) is 0 Å². The summed E-state index contributed by atoms with van der Waals surface area (Å²) in [4.78, 5) is 23.1. The highest BCUT2D eigenvalue weighted by Crippen LogP contribution is 2.28. The minimum absolute atomic E-state index is 0.112. The Hall–Kier alpha value is -1.84. The first-order valence-electron chi connectivity index (χ1n) is 6.51. The van der Waals surface area contributed by atoms with Crippen molar-refractivity contribution >= 4 is 11.8 Å². The number of ketones is 1. The van der Waals surface area contributed by atoms with Crippen LogP contribution in [0, 0.1) is 0 Å².